The van der Waals surface area contributed by atoms with E-state index in [1.165, 1.54) is 0 Å². The van der Waals surface area contributed by atoms with Crippen LogP contribution in [-0.4, -0.2) is 63.9 Å². The maximum atomic E-state index is 2.41. The highest BCUT2D eigenvalue weighted by Gasteiger charge is 2.33. The van der Waals surface area contributed by atoms with Crippen molar-refractivity contribution in [3.8, 4) is 0 Å². The zero-order valence-electron chi connectivity index (χ0n) is 7.79. The Morgan fingerprint density at radius 1 is 0.727 bits per heavy atom. The molecule has 0 saturated carbocycles. The van der Waals surface area contributed by atoms with E-state index in [1.807, 2.05) is 0 Å². The summed E-state index contributed by atoms with van der Waals surface area (Å²) in [5.74, 6) is 0. The highest BCUT2D eigenvalue weighted by atomic mass is 31.2. The molecule has 5 heteroatoms. The number of hydrogen-bond donors (Lipinski definition) is 0. The maximum Gasteiger partial charge on any atom is 0.184 e. The van der Waals surface area contributed by atoms with Crippen molar-refractivity contribution in [1.82, 2.24) is 14.0 Å². The third-order valence-electron chi connectivity index (χ3n) is 1.07. The van der Waals surface area contributed by atoms with Crippen LogP contribution in [0.1, 0.15) is 0 Å². The molecule has 0 saturated heterocycles. The molecule has 0 radical (unpaired) electrons. The van der Waals surface area contributed by atoms with E-state index in [0.717, 1.165) is 0 Å². The lowest BCUT2D eigenvalue weighted by molar-refractivity contribution is 0.480. The zero-order valence-corrected chi connectivity index (χ0v) is 8.68. The lowest BCUT2D eigenvalue weighted by atomic mass is 10.8. The van der Waals surface area contributed by atoms with Gasteiger partial charge in [0.1, 0.15) is 0 Å². The van der Waals surface area contributed by atoms with Crippen molar-refractivity contribution in [1.29, 1.82) is 0 Å². The fraction of sp³-hybridized carbons (Fsp3) is 1.00. The lowest BCUT2D eigenvalue weighted by Crippen LogP contribution is -2.35. The summed E-state index contributed by atoms with van der Waals surface area (Å²) in [5, 5.41) is 0. The first-order valence-electron chi connectivity index (χ1n) is 3.28. The van der Waals surface area contributed by atoms with E-state index in [2.05, 4.69) is 56.3 Å². The lowest BCUT2D eigenvalue weighted by Gasteiger charge is -2.44. The Labute approximate surface area is 72.2 Å². The Morgan fingerprint density at radius 3 is 0.909 bits per heavy atom. The van der Waals surface area contributed by atoms with E-state index >= 15 is 0 Å². The summed E-state index contributed by atoms with van der Waals surface area (Å²) < 4.78 is 7.23. The van der Waals surface area contributed by atoms with Crippen LogP contribution in [0.5, 0.6) is 0 Å². The number of hydrogen-bond acceptors (Lipinski definition) is 3. The van der Waals surface area contributed by atoms with Crippen molar-refractivity contribution in [2.24, 2.45) is 0 Å². The second-order valence-corrected chi connectivity index (χ2v) is 5.75. The molecular weight excluding hydrogens is 156 g/mol. The largest absolute Gasteiger partial charge is 0.197 e. The summed E-state index contributed by atoms with van der Waals surface area (Å²) in [7, 11) is 12.6. The molecule has 0 heterocycles. The van der Waals surface area contributed by atoms with Crippen LogP contribution in [0.25, 0.3) is 0 Å². The summed E-state index contributed by atoms with van der Waals surface area (Å²) in [6, 6.07) is 0. The fourth-order valence-electron chi connectivity index (χ4n) is 1.07. The highest BCUT2D eigenvalue weighted by Crippen LogP contribution is 2.58. The molecule has 0 N–H and O–H groups in total. The number of nitrogens with zero attached hydrogens (tertiary/aromatic N) is 3. The van der Waals surface area contributed by atoms with Crippen molar-refractivity contribution in [3.63, 3.8) is 0 Å². The Bertz CT molecular complexity index is 105. The van der Waals surface area contributed by atoms with Gasteiger partial charge in [0.15, 0.2) is 7.57 Å². The van der Waals surface area contributed by atoms with E-state index in [1.54, 1.807) is 0 Å². The molecule has 0 fully saturated rings. The number of rotatable bonds is 3. The quantitative estimate of drug-likeness (QED) is 0.433. The monoisotopic (exact) mass is 177 g/mol. The van der Waals surface area contributed by atoms with Crippen LogP contribution in [0.2, 0.25) is 0 Å². The third-order valence-corrected chi connectivity index (χ3v) is 3.22. The van der Waals surface area contributed by atoms with Gasteiger partial charge in [-0.1, -0.05) is 0 Å². The molecule has 0 aromatic heterocycles. The fourth-order valence-corrected chi connectivity index (χ4v) is 3.22. The molecule has 0 spiro atoms. The summed E-state index contributed by atoms with van der Waals surface area (Å²) in [6.07, 6.45) is 0. The van der Waals surface area contributed by atoms with Gasteiger partial charge in [0.2, 0.25) is 0 Å². The van der Waals surface area contributed by atoms with Gasteiger partial charge in [-0.25, -0.2) is 0 Å². The summed E-state index contributed by atoms with van der Waals surface area (Å²) in [5.41, 5.74) is 0. The van der Waals surface area contributed by atoms with Crippen LogP contribution in [0.4, 0.5) is 0 Å². The second kappa shape index (κ2) is 3.86. The van der Waals surface area contributed by atoms with E-state index < -0.39 is 7.59 Å². The van der Waals surface area contributed by atoms with Gasteiger partial charge in [-0.05, 0) is 0 Å². The van der Waals surface area contributed by atoms with Gasteiger partial charge < -0.3 is 0 Å². The van der Waals surface area contributed by atoms with Gasteiger partial charge in [0.05, 0.1) is 0 Å². The summed E-state index contributed by atoms with van der Waals surface area (Å²) in [6.45, 7) is 0. The van der Waals surface area contributed by atoms with Crippen molar-refractivity contribution < 1.29 is 0 Å². The first-order chi connectivity index (χ1) is 4.83. The molecule has 3 nitrogen and oxygen atoms in total. The minimum atomic E-state index is -0.935. The van der Waals surface area contributed by atoms with Gasteiger partial charge in [0, 0.05) is 49.9 Å². The zero-order chi connectivity index (χ0) is 9.23. The van der Waals surface area contributed by atoms with Gasteiger partial charge in [-0.2, -0.15) is 14.0 Å². The van der Waals surface area contributed by atoms with Crippen LogP contribution >= 0.6 is 7.59 Å². The van der Waals surface area contributed by atoms with E-state index in [-0.39, 0.29) is 0 Å². The summed E-state index contributed by atoms with van der Waals surface area (Å²) in [4.78, 5) is 0. The Morgan fingerprint density at radius 2 is 0.909 bits per heavy atom. The Kier molecular flexibility index (Phi) is 3.99. The minimum absolute atomic E-state index is 0.340. The smallest absolute Gasteiger partial charge is 0.184 e. The van der Waals surface area contributed by atoms with Gasteiger partial charge in [-0.15, -0.1) is 0 Å². The van der Waals surface area contributed by atoms with Crippen molar-refractivity contribution in [2.45, 2.75) is 0 Å². The molecule has 0 aliphatic rings. The molecule has 0 aromatic carbocycles. The minimum Gasteiger partial charge on any atom is -0.197 e. The van der Waals surface area contributed by atoms with Gasteiger partial charge in [-0.3, -0.25) is 0 Å². The molecule has 0 rings (SSSR count). The van der Waals surface area contributed by atoms with Crippen LogP contribution in [0, 0.1) is 0 Å². The van der Waals surface area contributed by atoms with Crippen LogP contribution in [0.3, 0.4) is 0 Å². The molecule has 0 amide bonds. The standard InChI is InChI=1S/C6H21BN3P/c1-8(2)11(7,9(3)4)10(5)6/h1-7H3. The Balaban J connectivity index is 4.53. The molecule has 0 atom stereocenters. The highest BCUT2D eigenvalue weighted by molar-refractivity contribution is 7.91. The topological polar surface area (TPSA) is 9.72 Å². The van der Waals surface area contributed by atoms with Crippen molar-refractivity contribution >= 4 is 15.2 Å². The third kappa shape index (κ3) is 2.16. The molecule has 0 bridgehead atoms. The molecule has 0 aliphatic carbocycles. The van der Waals surface area contributed by atoms with Crippen LogP contribution < -0.4 is 0 Å². The van der Waals surface area contributed by atoms with Crippen molar-refractivity contribution in [2.75, 3.05) is 42.3 Å². The maximum absolute atomic E-state index is 2.41. The first kappa shape index (κ1) is 11.4. The van der Waals surface area contributed by atoms with E-state index in [9.17, 15) is 0 Å². The van der Waals surface area contributed by atoms with Crippen molar-refractivity contribution in [3.05, 3.63) is 0 Å². The molecular formula is C6H21BN3P. The average Bonchev–Trinajstić information content (AvgIpc) is 1.84. The van der Waals surface area contributed by atoms with Gasteiger partial charge in [0.25, 0.3) is 0 Å². The van der Waals surface area contributed by atoms with E-state index in [0.29, 0.717) is 7.57 Å². The second-order valence-electron chi connectivity index (χ2n) is 2.81. The Hall–Kier alpha value is 0.375. The SMILES string of the molecule is [BH3-][P+](N(C)C)(N(C)C)N(C)C. The molecule has 0 aliphatic heterocycles. The molecule has 68 valence electrons. The first-order valence-corrected chi connectivity index (χ1v) is 4.48. The summed E-state index contributed by atoms with van der Waals surface area (Å²) >= 11 is 0. The average molecular weight is 177 g/mol. The van der Waals surface area contributed by atoms with Crippen LogP contribution in [-0.2, 0) is 0 Å². The molecule has 0 aromatic rings. The molecule has 11 heavy (non-hydrogen) atoms. The predicted octanol–water partition coefficient (Wildman–Crippen LogP) is -0.286. The normalized spacial score (nSPS) is 13.6. The van der Waals surface area contributed by atoms with Gasteiger partial charge >= 0.3 is 0 Å². The predicted molar refractivity (Wildman–Crippen MR) is 57.9 cm³/mol. The van der Waals surface area contributed by atoms with E-state index in [4.69, 9.17) is 0 Å². The van der Waals surface area contributed by atoms with Crippen LogP contribution in [0.15, 0.2) is 0 Å². The molecule has 0 unspecified atom stereocenters.